The first-order chi connectivity index (χ1) is 14.0. The number of benzene rings is 2. The van der Waals surface area contributed by atoms with E-state index >= 15 is 0 Å². The molecule has 1 aliphatic heterocycles. The molecule has 3 aromatic rings. The highest BCUT2D eigenvalue weighted by Crippen LogP contribution is 2.25. The Morgan fingerprint density at radius 2 is 2.14 bits per heavy atom. The highest BCUT2D eigenvalue weighted by molar-refractivity contribution is 5.71. The predicted octanol–water partition coefficient (Wildman–Crippen LogP) is 3.07. The van der Waals surface area contributed by atoms with Gasteiger partial charge in [0.1, 0.15) is 17.3 Å². The fourth-order valence-corrected chi connectivity index (χ4v) is 3.76. The summed E-state index contributed by atoms with van der Waals surface area (Å²) < 4.78 is 28.9. The molecular formula is C21H20F2N4O2. The van der Waals surface area contributed by atoms with Crippen molar-refractivity contribution in [3.63, 3.8) is 0 Å². The van der Waals surface area contributed by atoms with E-state index < -0.39 is 23.5 Å². The Morgan fingerprint density at radius 3 is 2.90 bits per heavy atom. The van der Waals surface area contributed by atoms with Gasteiger partial charge in [0.25, 0.3) is 0 Å². The van der Waals surface area contributed by atoms with Crippen molar-refractivity contribution in [2.45, 2.75) is 12.8 Å². The summed E-state index contributed by atoms with van der Waals surface area (Å²) in [5.74, 6) is -2.30. The number of nitrogens with one attached hydrogen (secondary N) is 1. The molecule has 150 valence electrons. The van der Waals surface area contributed by atoms with Crippen molar-refractivity contribution in [1.82, 2.24) is 20.3 Å². The number of aliphatic carboxylic acids is 1. The second-order valence-electron chi connectivity index (χ2n) is 7.24. The van der Waals surface area contributed by atoms with Gasteiger partial charge in [-0.1, -0.05) is 17.3 Å². The largest absolute Gasteiger partial charge is 0.481 e. The van der Waals surface area contributed by atoms with E-state index in [4.69, 9.17) is 0 Å². The van der Waals surface area contributed by atoms with Gasteiger partial charge in [-0.3, -0.25) is 4.79 Å². The molecule has 8 heteroatoms. The third-order valence-electron chi connectivity index (χ3n) is 5.31. The van der Waals surface area contributed by atoms with Crippen LogP contribution in [0.2, 0.25) is 0 Å². The quantitative estimate of drug-likeness (QED) is 0.667. The summed E-state index contributed by atoms with van der Waals surface area (Å²) >= 11 is 0. The summed E-state index contributed by atoms with van der Waals surface area (Å²) in [6.45, 7) is 1.55. The van der Waals surface area contributed by atoms with E-state index in [9.17, 15) is 18.7 Å². The Kier molecular flexibility index (Phi) is 5.35. The Morgan fingerprint density at radius 1 is 1.28 bits per heavy atom. The molecule has 1 aliphatic rings. The summed E-state index contributed by atoms with van der Waals surface area (Å²) in [7, 11) is 0. The highest BCUT2D eigenvalue weighted by Gasteiger charge is 2.30. The molecule has 4 rings (SSSR count). The van der Waals surface area contributed by atoms with E-state index in [0.717, 1.165) is 36.7 Å². The molecule has 1 saturated heterocycles. The number of hydrogen-bond donors (Lipinski definition) is 2. The van der Waals surface area contributed by atoms with Gasteiger partial charge in [-0.05, 0) is 67.7 Å². The second-order valence-corrected chi connectivity index (χ2v) is 7.24. The molecule has 0 spiro atoms. The molecule has 0 radical (unpaired) electrons. The number of carboxylic acids is 1. The van der Waals surface area contributed by atoms with Gasteiger partial charge in [0, 0.05) is 5.56 Å². The lowest BCUT2D eigenvalue weighted by Gasteiger charge is -2.19. The molecule has 6 nitrogen and oxygen atoms in total. The first kappa shape index (κ1) is 19.2. The minimum atomic E-state index is -0.797. The molecule has 1 unspecified atom stereocenters. The average Bonchev–Trinajstić information content (AvgIpc) is 3.40. The number of carboxylic acid groups (broad SMARTS) is 1. The summed E-state index contributed by atoms with van der Waals surface area (Å²) in [5, 5.41) is 20.8. The summed E-state index contributed by atoms with van der Waals surface area (Å²) in [6, 6.07) is 10.5. The number of carbonyl (C=O) groups is 1. The van der Waals surface area contributed by atoms with Crippen LogP contribution >= 0.6 is 0 Å². The van der Waals surface area contributed by atoms with Crippen LogP contribution in [0.5, 0.6) is 0 Å². The fourth-order valence-electron chi connectivity index (χ4n) is 3.76. The van der Waals surface area contributed by atoms with Crippen molar-refractivity contribution in [1.29, 1.82) is 0 Å². The number of halogens is 2. The third-order valence-corrected chi connectivity index (χ3v) is 5.31. The fraction of sp³-hybridized carbons (Fsp3) is 0.286. The van der Waals surface area contributed by atoms with Crippen LogP contribution < -0.4 is 5.32 Å². The number of rotatable bonds is 6. The minimum Gasteiger partial charge on any atom is -0.481 e. The molecular weight excluding hydrogens is 378 g/mol. The maximum atomic E-state index is 14.0. The van der Waals surface area contributed by atoms with Gasteiger partial charge in [-0.15, -0.1) is 5.10 Å². The van der Waals surface area contributed by atoms with Gasteiger partial charge in [0.05, 0.1) is 17.8 Å². The van der Waals surface area contributed by atoms with Gasteiger partial charge >= 0.3 is 5.97 Å². The summed E-state index contributed by atoms with van der Waals surface area (Å²) in [6.07, 6.45) is 2.78. The van der Waals surface area contributed by atoms with Crippen molar-refractivity contribution in [3.8, 4) is 16.9 Å². The molecule has 0 saturated carbocycles. The van der Waals surface area contributed by atoms with Gasteiger partial charge in [0.15, 0.2) is 0 Å². The monoisotopic (exact) mass is 398 g/mol. The lowest BCUT2D eigenvalue weighted by molar-refractivity contribution is -0.143. The van der Waals surface area contributed by atoms with Crippen LogP contribution in [0, 0.1) is 23.5 Å². The van der Waals surface area contributed by atoms with E-state index in [1.165, 1.54) is 10.9 Å². The molecule has 1 fully saturated rings. The standard InChI is InChI=1S/C21H20F2N4O2/c22-15-4-5-19(23)18(10-15)20-12-27(26-25-20)16-3-1-2-13(8-16)9-17(21(28)29)14-6-7-24-11-14/h1-5,8,10,12,14,17,24H,6-7,9,11H2,(H,28,29)/t14-,17?/m0/s1. The van der Waals surface area contributed by atoms with Crippen LogP contribution in [0.25, 0.3) is 16.9 Å². The average molecular weight is 398 g/mol. The second kappa shape index (κ2) is 8.08. The molecule has 2 heterocycles. The summed E-state index contributed by atoms with van der Waals surface area (Å²) in [5.41, 5.74) is 1.79. The molecule has 0 aliphatic carbocycles. The Bertz CT molecular complexity index is 1030. The van der Waals surface area contributed by atoms with Crippen LogP contribution in [0.15, 0.2) is 48.7 Å². The Labute approximate surface area is 166 Å². The molecule has 2 atom stereocenters. The van der Waals surface area contributed by atoms with E-state index in [1.54, 1.807) is 6.07 Å². The SMILES string of the molecule is O=C(O)C(Cc1cccc(-n2cc(-c3cc(F)ccc3F)nn2)c1)[C@H]1CCNC1. The van der Waals surface area contributed by atoms with Crippen LogP contribution in [-0.4, -0.2) is 39.2 Å². The van der Waals surface area contributed by atoms with Crippen molar-refractivity contribution in [2.24, 2.45) is 11.8 Å². The van der Waals surface area contributed by atoms with Gasteiger partial charge in [-0.2, -0.15) is 0 Å². The highest BCUT2D eigenvalue weighted by atomic mass is 19.1. The van der Waals surface area contributed by atoms with E-state index in [1.807, 2.05) is 18.2 Å². The van der Waals surface area contributed by atoms with Gasteiger partial charge < -0.3 is 10.4 Å². The zero-order valence-electron chi connectivity index (χ0n) is 15.6. The van der Waals surface area contributed by atoms with E-state index in [0.29, 0.717) is 18.7 Å². The number of nitrogens with zero attached hydrogens (tertiary/aromatic N) is 3. The minimum absolute atomic E-state index is 0.0343. The van der Waals surface area contributed by atoms with Crippen molar-refractivity contribution in [2.75, 3.05) is 13.1 Å². The van der Waals surface area contributed by atoms with Crippen molar-refractivity contribution >= 4 is 5.97 Å². The van der Waals surface area contributed by atoms with Crippen LogP contribution in [0.1, 0.15) is 12.0 Å². The van der Waals surface area contributed by atoms with Crippen molar-refractivity contribution in [3.05, 3.63) is 65.9 Å². The maximum Gasteiger partial charge on any atom is 0.307 e. The molecule has 0 bridgehead atoms. The van der Waals surface area contributed by atoms with Crippen molar-refractivity contribution < 1.29 is 18.7 Å². The zero-order valence-corrected chi connectivity index (χ0v) is 15.6. The first-order valence-electron chi connectivity index (χ1n) is 9.42. The van der Waals surface area contributed by atoms with Gasteiger partial charge in [0.2, 0.25) is 0 Å². The Hall–Kier alpha value is -3.13. The molecule has 2 aromatic carbocycles. The Balaban J connectivity index is 1.58. The smallest absolute Gasteiger partial charge is 0.307 e. The zero-order chi connectivity index (χ0) is 20.4. The lowest BCUT2D eigenvalue weighted by atomic mass is 9.86. The first-order valence-corrected chi connectivity index (χ1v) is 9.42. The molecule has 2 N–H and O–H groups in total. The topological polar surface area (TPSA) is 80.0 Å². The normalized spacial score (nSPS) is 17.4. The maximum absolute atomic E-state index is 14.0. The van der Waals surface area contributed by atoms with Gasteiger partial charge in [-0.25, -0.2) is 13.5 Å². The van der Waals surface area contributed by atoms with E-state index in [2.05, 4.69) is 15.6 Å². The van der Waals surface area contributed by atoms with Crippen LogP contribution in [-0.2, 0) is 11.2 Å². The molecule has 1 aromatic heterocycles. The lowest BCUT2D eigenvalue weighted by Crippen LogP contribution is -2.27. The molecule has 29 heavy (non-hydrogen) atoms. The predicted molar refractivity (Wildman–Crippen MR) is 103 cm³/mol. The molecule has 0 amide bonds. The van der Waals surface area contributed by atoms with Crippen LogP contribution in [0.3, 0.4) is 0 Å². The van der Waals surface area contributed by atoms with Crippen LogP contribution in [0.4, 0.5) is 8.78 Å². The third kappa shape index (κ3) is 4.17. The summed E-state index contributed by atoms with van der Waals surface area (Å²) in [4.78, 5) is 11.7. The number of aromatic nitrogens is 3. The number of hydrogen-bond acceptors (Lipinski definition) is 4. The van der Waals surface area contributed by atoms with E-state index in [-0.39, 0.29) is 17.2 Å².